The molecule has 2 saturated carbocycles. The normalized spacial score (nSPS) is 29.0. The van der Waals surface area contributed by atoms with Gasteiger partial charge in [-0.1, -0.05) is 59.3 Å². The highest BCUT2D eigenvalue weighted by Gasteiger charge is 2.33. The average molecular weight is 295 g/mol. The molecule has 1 N–H and O–H groups in total. The summed E-state index contributed by atoms with van der Waals surface area (Å²) in [5.41, 5.74) is 0. The first-order chi connectivity index (χ1) is 10.2. The standard InChI is InChI=1S/C19H38N2/c1-4-20-18-13-7-5-6-8-14-19(18)21(15-16(2)3)17-11-9-10-12-17/h16-20H,4-15H2,1-3H3. The molecule has 2 heteroatoms. The van der Waals surface area contributed by atoms with E-state index >= 15 is 0 Å². The van der Waals surface area contributed by atoms with Gasteiger partial charge in [0.1, 0.15) is 0 Å². The first-order valence-electron chi connectivity index (χ1n) is 9.71. The molecule has 0 radical (unpaired) electrons. The van der Waals surface area contributed by atoms with E-state index in [1.54, 1.807) is 0 Å². The summed E-state index contributed by atoms with van der Waals surface area (Å²) in [4.78, 5) is 2.94. The fourth-order valence-electron chi connectivity index (χ4n) is 4.57. The van der Waals surface area contributed by atoms with Crippen molar-refractivity contribution in [3.05, 3.63) is 0 Å². The highest BCUT2D eigenvalue weighted by atomic mass is 15.2. The smallest absolute Gasteiger partial charge is 0.0252 e. The van der Waals surface area contributed by atoms with Crippen molar-refractivity contribution in [2.24, 2.45) is 5.92 Å². The Morgan fingerprint density at radius 2 is 1.52 bits per heavy atom. The van der Waals surface area contributed by atoms with Gasteiger partial charge in [-0.15, -0.1) is 0 Å². The van der Waals surface area contributed by atoms with Gasteiger partial charge in [0.15, 0.2) is 0 Å². The second kappa shape index (κ2) is 9.15. The van der Waals surface area contributed by atoms with Crippen LogP contribution in [0.2, 0.25) is 0 Å². The number of hydrogen-bond donors (Lipinski definition) is 1. The highest BCUT2D eigenvalue weighted by molar-refractivity contribution is 4.91. The second-order valence-corrected chi connectivity index (χ2v) is 7.75. The molecule has 0 spiro atoms. The maximum absolute atomic E-state index is 3.84. The molecule has 0 amide bonds. The first kappa shape index (κ1) is 17.3. The molecular weight excluding hydrogens is 256 g/mol. The first-order valence-corrected chi connectivity index (χ1v) is 9.71. The van der Waals surface area contributed by atoms with Crippen LogP contribution in [-0.2, 0) is 0 Å². The van der Waals surface area contributed by atoms with E-state index in [1.807, 2.05) is 0 Å². The number of nitrogens with one attached hydrogen (secondary N) is 1. The Labute approximate surface area is 133 Å². The highest BCUT2D eigenvalue weighted by Crippen LogP contribution is 2.31. The van der Waals surface area contributed by atoms with Crippen molar-refractivity contribution in [2.45, 2.75) is 103 Å². The van der Waals surface area contributed by atoms with Crippen molar-refractivity contribution < 1.29 is 0 Å². The number of nitrogens with zero attached hydrogens (tertiary/aromatic N) is 1. The molecule has 0 aliphatic heterocycles. The van der Waals surface area contributed by atoms with Gasteiger partial charge >= 0.3 is 0 Å². The van der Waals surface area contributed by atoms with E-state index in [2.05, 4.69) is 31.0 Å². The predicted molar refractivity (Wildman–Crippen MR) is 92.8 cm³/mol. The van der Waals surface area contributed by atoms with Crippen molar-refractivity contribution in [1.82, 2.24) is 10.2 Å². The largest absolute Gasteiger partial charge is 0.313 e. The lowest BCUT2D eigenvalue weighted by Gasteiger charge is -2.43. The Kier molecular flexibility index (Phi) is 7.53. The van der Waals surface area contributed by atoms with Gasteiger partial charge in [-0.3, -0.25) is 4.90 Å². The lowest BCUT2D eigenvalue weighted by Crippen LogP contribution is -2.54. The van der Waals surface area contributed by atoms with Crippen LogP contribution in [0.1, 0.15) is 85.0 Å². The molecule has 21 heavy (non-hydrogen) atoms. The van der Waals surface area contributed by atoms with Gasteiger partial charge in [-0.2, -0.15) is 0 Å². The minimum atomic E-state index is 0.731. The third-order valence-corrected chi connectivity index (χ3v) is 5.49. The van der Waals surface area contributed by atoms with Crippen LogP contribution in [0.15, 0.2) is 0 Å². The van der Waals surface area contributed by atoms with Crippen LogP contribution >= 0.6 is 0 Å². The summed E-state index contributed by atoms with van der Waals surface area (Å²) in [7, 11) is 0. The van der Waals surface area contributed by atoms with Gasteiger partial charge in [0.2, 0.25) is 0 Å². The zero-order valence-electron chi connectivity index (χ0n) is 14.7. The minimum Gasteiger partial charge on any atom is -0.313 e. The Bertz CT molecular complexity index is 271. The van der Waals surface area contributed by atoms with Gasteiger partial charge in [0.25, 0.3) is 0 Å². The number of likely N-dealkylation sites (N-methyl/N-ethyl adjacent to an activating group) is 1. The topological polar surface area (TPSA) is 15.3 Å². The molecule has 2 aliphatic rings. The summed E-state index contributed by atoms with van der Waals surface area (Å²) in [6.07, 6.45) is 14.4. The van der Waals surface area contributed by atoms with Gasteiger partial charge in [-0.25, -0.2) is 0 Å². The van der Waals surface area contributed by atoms with E-state index in [9.17, 15) is 0 Å². The SMILES string of the molecule is CCNC1CCCCCCC1N(CC(C)C)C1CCCC1. The molecule has 0 bridgehead atoms. The van der Waals surface area contributed by atoms with Gasteiger partial charge < -0.3 is 5.32 Å². The van der Waals surface area contributed by atoms with E-state index in [0.29, 0.717) is 0 Å². The van der Waals surface area contributed by atoms with Crippen molar-refractivity contribution >= 4 is 0 Å². The van der Waals surface area contributed by atoms with E-state index in [1.165, 1.54) is 70.8 Å². The van der Waals surface area contributed by atoms with E-state index in [4.69, 9.17) is 0 Å². The molecule has 124 valence electrons. The second-order valence-electron chi connectivity index (χ2n) is 7.75. The van der Waals surface area contributed by atoms with Gasteiger partial charge in [0, 0.05) is 24.7 Å². The zero-order chi connectivity index (χ0) is 15.1. The molecule has 2 rings (SSSR count). The average Bonchev–Trinajstić information content (AvgIpc) is 2.94. The fraction of sp³-hybridized carbons (Fsp3) is 1.00. The molecule has 2 nitrogen and oxygen atoms in total. The molecule has 2 fully saturated rings. The van der Waals surface area contributed by atoms with Crippen LogP contribution in [0.25, 0.3) is 0 Å². The van der Waals surface area contributed by atoms with Crippen LogP contribution in [0.4, 0.5) is 0 Å². The van der Waals surface area contributed by atoms with Crippen molar-refractivity contribution in [3.63, 3.8) is 0 Å². The van der Waals surface area contributed by atoms with Crippen LogP contribution in [0.5, 0.6) is 0 Å². The quantitative estimate of drug-likeness (QED) is 0.771. The Morgan fingerprint density at radius 1 is 0.905 bits per heavy atom. The monoisotopic (exact) mass is 294 g/mol. The van der Waals surface area contributed by atoms with Crippen LogP contribution in [0.3, 0.4) is 0 Å². The molecular formula is C19H38N2. The van der Waals surface area contributed by atoms with E-state index in [-0.39, 0.29) is 0 Å². The van der Waals surface area contributed by atoms with Crippen LogP contribution in [0, 0.1) is 5.92 Å². The molecule has 2 aliphatic carbocycles. The fourth-order valence-corrected chi connectivity index (χ4v) is 4.57. The Balaban J connectivity index is 2.10. The third-order valence-electron chi connectivity index (χ3n) is 5.49. The third kappa shape index (κ3) is 5.25. The molecule has 0 aromatic heterocycles. The maximum Gasteiger partial charge on any atom is 0.0252 e. The molecule has 0 saturated heterocycles. The number of rotatable bonds is 6. The zero-order valence-corrected chi connectivity index (χ0v) is 14.7. The lowest BCUT2D eigenvalue weighted by molar-refractivity contribution is 0.0769. The van der Waals surface area contributed by atoms with Crippen molar-refractivity contribution in [2.75, 3.05) is 13.1 Å². The summed E-state index contributed by atoms with van der Waals surface area (Å²) >= 11 is 0. The predicted octanol–water partition coefficient (Wildman–Crippen LogP) is 4.59. The summed E-state index contributed by atoms with van der Waals surface area (Å²) in [5, 5.41) is 3.84. The van der Waals surface area contributed by atoms with E-state index in [0.717, 1.165) is 30.6 Å². The summed E-state index contributed by atoms with van der Waals surface area (Å²) in [5.74, 6) is 0.790. The molecule has 2 unspecified atom stereocenters. The molecule has 0 aromatic rings. The maximum atomic E-state index is 3.84. The lowest BCUT2D eigenvalue weighted by atomic mass is 9.89. The Hall–Kier alpha value is -0.0800. The van der Waals surface area contributed by atoms with Gasteiger partial charge in [-0.05, 0) is 38.1 Å². The minimum absolute atomic E-state index is 0.731. The van der Waals surface area contributed by atoms with Crippen LogP contribution in [-0.4, -0.2) is 36.1 Å². The molecule has 0 heterocycles. The summed E-state index contributed by atoms with van der Waals surface area (Å²) in [6.45, 7) is 9.50. The van der Waals surface area contributed by atoms with E-state index < -0.39 is 0 Å². The summed E-state index contributed by atoms with van der Waals surface area (Å²) in [6, 6.07) is 2.39. The molecule has 2 atom stereocenters. The van der Waals surface area contributed by atoms with Crippen molar-refractivity contribution in [1.29, 1.82) is 0 Å². The summed E-state index contributed by atoms with van der Waals surface area (Å²) < 4.78 is 0. The van der Waals surface area contributed by atoms with Crippen LogP contribution < -0.4 is 5.32 Å². The number of hydrogen-bond acceptors (Lipinski definition) is 2. The van der Waals surface area contributed by atoms with Gasteiger partial charge in [0.05, 0.1) is 0 Å². The molecule has 0 aromatic carbocycles. The van der Waals surface area contributed by atoms with Crippen molar-refractivity contribution in [3.8, 4) is 0 Å². The Morgan fingerprint density at radius 3 is 2.14 bits per heavy atom.